The number of hydrogen-bond acceptors (Lipinski definition) is 22. The van der Waals surface area contributed by atoms with Crippen LogP contribution in [-0.2, 0) is 52.0 Å². The maximum Gasteiger partial charge on any atom is 0.358 e. The van der Waals surface area contributed by atoms with Gasteiger partial charge in [0.25, 0.3) is 11.8 Å². The highest BCUT2D eigenvalue weighted by Crippen LogP contribution is 2.41. The number of piperidine rings is 2. The number of aryl methyl sites for hydroxylation is 1. The first kappa shape index (κ1) is 83.9. The fourth-order valence-electron chi connectivity index (χ4n) is 17.1. The van der Waals surface area contributed by atoms with Crippen molar-refractivity contribution in [1.82, 2.24) is 44.8 Å². The molecule has 5 aromatic heterocycles. The first-order chi connectivity index (χ1) is 58.8. The van der Waals surface area contributed by atoms with E-state index < -0.39 is 29.1 Å². The third-order valence-electron chi connectivity index (χ3n) is 23.2. The van der Waals surface area contributed by atoms with Crippen LogP contribution in [0.4, 0.5) is 27.6 Å². The zero-order valence-corrected chi connectivity index (χ0v) is 72.7. The Labute approximate surface area is 722 Å². The molecule has 122 heavy (non-hydrogen) atoms. The van der Waals surface area contributed by atoms with Crippen LogP contribution in [0.25, 0.3) is 53.6 Å². The number of thiazole rings is 2. The summed E-state index contributed by atoms with van der Waals surface area (Å²) in [5.74, 6) is 1.39. The monoisotopic (exact) mass is 1700 g/mol. The number of hydrogen-bond donors (Lipinski definition) is 3. The number of nitrogens with zero attached hydrogens (tertiary/aromatic N) is 11. The van der Waals surface area contributed by atoms with E-state index in [1.807, 2.05) is 201 Å². The number of alkyl halides is 1. The van der Waals surface area contributed by atoms with Gasteiger partial charge < -0.3 is 38.5 Å². The second kappa shape index (κ2) is 36.2. The number of anilines is 5. The lowest BCUT2D eigenvalue weighted by molar-refractivity contribution is -0.134. The number of halogens is 1. The highest BCUT2D eigenvalue weighted by Gasteiger charge is 2.36. The van der Waals surface area contributed by atoms with Crippen molar-refractivity contribution < 1.29 is 47.7 Å². The predicted molar refractivity (Wildman–Crippen MR) is 482 cm³/mol. The molecule has 3 N–H and O–H groups in total. The molecule has 1 unspecified atom stereocenters. The minimum Gasteiger partial charge on any atom is -0.492 e. The number of pyridine rings is 2. The van der Waals surface area contributed by atoms with Gasteiger partial charge in [-0.05, 0) is 217 Å². The van der Waals surface area contributed by atoms with E-state index in [-0.39, 0.29) is 35.0 Å². The molecule has 0 saturated carbocycles. The Morgan fingerprint density at radius 1 is 0.525 bits per heavy atom. The lowest BCUT2D eigenvalue weighted by Crippen LogP contribution is -2.49. The summed E-state index contributed by atoms with van der Waals surface area (Å²) < 4.78 is 28.1. The Morgan fingerprint density at radius 2 is 1.02 bits per heavy atom. The lowest BCUT2D eigenvalue weighted by atomic mass is 9.92. The number of amides is 4. The molecule has 5 aliphatic heterocycles. The van der Waals surface area contributed by atoms with Crippen molar-refractivity contribution in [1.29, 1.82) is 0 Å². The molecule has 24 nitrogen and oxygen atoms in total. The molecular weight excluding hydrogens is 1600 g/mol. The zero-order chi connectivity index (χ0) is 85.1. The lowest BCUT2D eigenvalue weighted by Gasteiger charge is -2.39. The van der Waals surface area contributed by atoms with E-state index >= 15 is 0 Å². The standard InChI is InChI=1S/C59H66N10O6S.C36H35ClN4O4S/c1-37-40(41-19-21-50(61-53(41)57(73)75-59(2,3)4)69-28-25-39-11-8-13-42(45(39)36-69)55(71)63-58-60-46-15-6-7-18-49(46)76-58)12-10-17-48(37)74-34-33-66-29-31-67(32-30-66)35-38-23-26-68(27-24-38)47-16-9-14-43-52(64-65(5)54(43)47)44-20-22-51(70)62-56(44)72;1-22-24(10-8-13-29(22)44-20-18-37)25-15-16-31(39-32(25)34(43)45-36(2,3)4)41-19-17-23-9-7-11-26(27(23)21-41)33(42)40-35-38-28-12-5-6-14-30(28)46-35/h6-19,21,38,44H,20,22-36H2,1-5H3,(H,60,63,71)(H,62,70,72);5-16H,17-21H2,1-4H3,(H,38,40,42). The largest absolute Gasteiger partial charge is 0.492 e. The van der Waals surface area contributed by atoms with Gasteiger partial charge in [0.2, 0.25) is 11.8 Å². The summed E-state index contributed by atoms with van der Waals surface area (Å²) in [4.78, 5) is 111. The number of imide groups is 1. The Balaban J connectivity index is 0.000000205. The summed E-state index contributed by atoms with van der Waals surface area (Å²) in [5, 5.41) is 15.5. The molecule has 10 heterocycles. The van der Waals surface area contributed by atoms with Crippen LogP contribution in [0.15, 0.2) is 164 Å². The third kappa shape index (κ3) is 18.8. The van der Waals surface area contributed by atoms with E-state index in [4.69, 9.17) is 45.6 Å². The summed E-state index contributed by atoms with van der Waals surface area (Å²) in [7, 11) is 1.95. The number of piperazine rings is 1. The molecule has 27 heteroatoms. The van der Waals surface area contributed by atoms with Gasteiger partial charge in [-0.2, -0.15) is 5.10 Å². The Morgan fingerprint density at radius 3 is 1.53 bits per heavy atom. The fourth-order valence-corrected chi connectivity index (χ4v) is 18.9. The SMILES string of the molecule is Cc1c(OCCCl)cccc1-c1ccc(N2CCc3cccc(C(=O)Nc4nc5ccccc5s4)c3C2)nc1C(=O)OC(C)(C)C.Cc1c(OCCN2CCN(CC3CCN(c4cccc5c(C6CCC(=O)NC6=O)nn(C)c45)CC3)CC2)cccc1-c1ccc(N2CCc3cccc(C(=O)Nc4nc5ccccc5s4)c3C2)nc1C(=O)OC(C)(C)C. The molecule has 3 fully saturated rings. The van der Waals surface area contributed by atoms with E-state index in [1.54, 1.807) is 0 Å². The molecule has 4 amide bonds. The van der Waals surface area contributed by atoms with Gasteiger partial charge in [0, 0.05) is 120 Å². The van der Waals surface area contributed by atoms with E-state index in [0.717, 1.165) is 165 Å². The molecule has 0 aliphatic carbocycles. The number of para-hydroxylation sites is 3. The maximum absolute atomic E-state index is 14.1. The smallest absolute Gasteiger partial charge is 0.358 e. The minimum atomic E-state index is -0.738. The van der Waals surface area contributed by atoms with Crippen molar-refractivity contribution in [2.75, 3.05) is 110 Å². The number of carbonyl (C=O) groups excluding carboxylic acids is 6. The van der Waals surface area contributed by atoms with Crippen molar-refractivity contribution in [2.45, 2.75) is 124 Å². The van der Waals surface area contributed by atoms with Crippen LogP contribution in [0, 0.1) is 19.8 Å². The van der Waals surface area contributed by atoms with Crippen LogP contribution in [0.2, 0.25) is 0 Å². The molecule has 1 atom stereocenters. The van der Waals surface area contributed by atoms with Crippen LogP contribution < -0.4 is 40.1 Å². The normalized spacial score (nSPS) is 16.1. The second-order valence-electron chi connectivity index (χ2n) is 33.7. The second-order valence-corrected chi connectivity index (χ2v) is 36.2. The number of benzene rings is 7. The van der Waals surface area contributed by atoms with Crippen LogP contribution in [-0.4, -0.2) is 171 Å². The number of nitrogens with one attached hydrogen (secondary N) is 3. The molecule has 3 saturated heterocycles. The highest BCUT2D eigenvalue weighted by atomic mass is 35.5. The van der Waals surface area contributed by atoms with Gasteiger partial charge in [-0.3, -0.25) is 44.7 Å². The third-order valence-corrected chi connectivity index (χ3v) is 25.2. The predicted octanol–water partition coefficient (Wildman–Crippen LogP) is 16.8. The van der Waals surface area contributed by atoms with Crippen molar-refractivity contribution in [2.24, 2.45) is 13.0 Å². The zero-order valence-electron chi connectivity index (χ0n) is 70.3. The van der Waals surface area contributed by atoms with Crippen molar-refractivity contribution in [3.63, 3.8) is 0 Å². The summed E-state index contributed by atoms with van der Waals surface area (Å²) >= 11 is 8.76. The topological polar surface area (TPSA) is 261 Å². The summed E-state index contributed by atoms with van der Waals surface area (Å²) in [6, 6.07) is 53.1. The number of carbonyl (C=O) groups is 6. The molecule has 0 radical (unpaired) electrons. The minimum absolute atomic E-state index is 0.206. The highest BCUT2D eigenvalue weighted by molar-refractivity contribution is 7.22. The van der Waals surface area contributed by atoms with Crippen LogP contribution in [0.3, 0.4) is 0 Å². The first-order valence-corrected chi connectivity index (χ1v) is 44.1. The molecule has 12 aromatic rings. The molecule has 5 aliphatic rings. The number of aromatic nitrogens is 6. The summed E-state index contributed by atoms with van der Waals surface area (Å²) in [6.07, 6.45) is 4.48. The molecular formula is C95H101ClN14O10S2. The van der Waals surface area contributed by atoms with E-state index in [2.05, 4.69) is 80.7 Å². The van der Waals surface area contributed by atoms with Gasteiger partial charge in [0.05, 0.1) is 49.1 Å². The van der Waals surface area contributed by atoms with Gasteiger partial charge in [-0.1, -0.05) is 108 Å². The van der Waals surface area contributed by atoms with E-state index in [9.17, 15) is 28.8 Å². The number of esters is 2. The van der Waals surface area contributed by atoms with Crippen molar-refractivity contribution in [3.05, 3.63) is 225 Å². The van der Waals surface area contributed by atoms with Gasteiger partial charge in [0.1, 0.15) is 47.6 Å². The van der Waals surface area contributed by atoms with Gasteiger partial charge in [0.15, 0.2) is 21.7 Å². The summed E-state index contributed by atoms with van der Waals surface area (Å²) in [5.41, 5.74) is 13.7. The van der Waals surface area contributed by atoms with Crippen molar-refractivity contribution >= 4 is 129 Å². The average Bonchev–Trinajstić information content (AvgIpc) is 1.59. The molecule has 0 spiro atoms. The number of ether oxygens (including phenoxy) is 4. The Kier molecular flexibility index (Phi) is 24.9. The molecule has 630 valence electrons. The number of fused-ring (bicyclic) bond motifs is 5. The average molecular weight is 1700 g/mol. The molecule has 17 rings (SSSR count). The maximum atomic E-state index is 14.1. The van der Waals surface area contributed by atoms with Gasteiger partial charge in [-0.15, -0.1) is 11.6 Å². The van der Waals surface area contributed by atoms with Crippen LogP contribution in [0.1, 0.15) is 154 Å². The van der Waals surface area contributed by atoms with E-state index in [1.165, 1.54) is 22.7 Å². The summed E-state index contributed by atoms with van der Waals surface area (Å²) in [6.45, 7) is 26.1. The Bertz CT molecular complexity index is 5910. The van der Waals surface area contributed by atoms with Gasteiger partial charge >= 0.3 is 11.9 Å². The van der Waals surface area contributed by atoms with Gasteiger partial charge in [-0.25, -0.2) is 29.5 Å². The van der Waals surface area contributed by atoms with Crippen LogP contribution in [0.5, 0.6) is 11.5 Å². The molecule has 0 bridgehead atoms. The molecule has 7 aromatic carbocycles. The number of rotatable bonds is 21. The Hall–Kier alpha value is -11.7. The quantitative estimate of drug-likeness (QED) is 0.0343. The van der Waals surface area contributed by atoms with E-state index in [0.29, 0.717) is 120 Å². The van der Waals surface area contributed by atoms with Crippen molar-refractivity contribution in [3.8, 4) is 33.8 Å². The fraction of sp³-hybridized carbons (Fsp3) is 0.358. The first-order valence-electron chi connectivity index (χ1n) is 41.9. The van der Waals surface area contributed by atoms with Crippen LogP contribution >= 0.6 is 34.3 Å².